The second-order valence-electron chi connectivity index (χ2n) is 0.569. The van der Waals surface area contributed by atoms with E-state index < -0.39 is 0 Å². The first-order chi connectivity index (χ1) is 1.91. The van der Waals surface area contributed by atoms with Crippen LogP contribution < -0.4 is 29.7 Å². The molecule has 0 aromatic rings. The molecule has 2 heteroatoms. The Morgan fingerprint density at radius 3 is 1.80 bits per heavy atom. The van der Waals surface area contributed by atoms with Gasteiger partial charge in [0.1, 0.15) is 0 Å². The zero-order valence-corrected chi connectivity index (χ0v) is 5.40. The van der Waals surface area contributed by atoms with Crippen molar-refractivity contribution in [3.8, 4) is 0 Å². The van der Waals surface area contributed by atoms with Crippen molar-refractivity contribution >= 4 is 0 Å². The van der Waals surface area contributed by atoms with Crippen molar-refractivity contribution in [2.45, 2.75) is 6.92 Å². The van der Waals surface area contributed by atoms with E-state index in [2.05, 4.69) is 5.73 Å². The molecular weight excluding hydrogens is 177 g/mol. The highest BCUT2D eigenvalue weighted by molar-refractivity contribution is 4.58. The highest BCUT2D eigenvalue weighted by Crippen LogP contribution is 1.44. The van der Waals surface area contributed by atoms with E-state index in [9.17, 15) is 0 Å². The third-order valence-electron chi connectivity index (χ3n) is 0.236. The lowest BCUT2D eigenvalue weighted by Gasteiger charge is -1.47. The Bertz CT molecular complexity index is 22.1. The highest BCUT2D eigenvalue weighted by Gasteiger charge is 1.38. The van der Waals surface area contributed by atoms with Crippen LogP contribution in [0.1, 0.15) is 6.92 Å². The minimum Gasteiger partial charge on any atom is -1.00 e. The van der Waals surface area contributed by atoms with Gasteiger partial charge in [-0.05, 0) is 13.0 Å². The topological polar surface area (TPSA) is 27.6 Å². The van der Waals surface area contributed by atoms with Gasteiger partial charge in [0, 0.05) is 0 Å². The molecule has 5 heavy (non-hydrogen) atoms. The van der Waals surface area contributed by atoms with E-state index in [1.165, 1.54) is 0 Å². The first-order valence-corrected chi connectivity index (χ1v) is 1.32. The Hall–Kier alpha value is 0.430. The predicted octanol–water partition coefficient (Wildman–Crippen LogP) is -3.23. The number of allylic oxidation sites excluding steroid dienone is 1. The van der Waals surface area contributed by atoms with Gasteiger partial charge in [0.15, 0.2) is 0 Å². The molecule has 0 spiro atoms. The van der Waals surface area contributed by atoms with Crippen LogP contribution in [0.4, 0.5) is 0 Å². The number of rotatable bonds is 0. The van der Waals surface area contributed by atoms with Gasteiger partial charge in [0.05, 0.1) is 6.20 Å². The number of quaternary nitrogens is 1. The quantitative estimate of drug-likeness (QED) is 0.384. The fourth-order valence-corrected chi connectivity index (χ4v) is 0. The fraction of sp³-hybridized carbons (Fsp3) is 0.333. The third kappa shape index (κ3) is 12.8. The van der Waals surface area contributed by atoms with Crippen molar-refractivity contribution in [1.29, 1.82) is 0 Å². The Morgan fingerprint density at radius 2 is 1.80 bits per heavy atom. The van der Waals surface area contributed by atoms with E-state index >= 15 is 0 Å². The van der Waals surface area contributed by atoms with Crippen molar-refractivity contribution in [2.24, 2.45) is 0 Å². The average Bonchev–Trinajstić information content (AvgIpc) is 1.37. The Morgan fingerprint density at radius 1 is 1.60 bits per heavy atom. The molecule has 0 aliphatic heterocycles. The maximum absolute atomic E-state index is 3.42. The molecule has 0 bridgehead atoms. The lowest BCUT2D eigenvalue weighted by molar-refractivity contribution is -0.275. The molecule has 0 saturated heterocycles. The van der Waals surface area contributed by atoms with Crippen LogP contribution in [0.15, 0.2) is 12.3 Å². The molecule has 0 radical (unpaired) electrons. The van der Waals surface area contributed by atoms with Crippen molar-refractivity contribution < 1.29 is 29.7 Å². The summed E-state index contributed by atoms with van der Waals surface area (Å²) in [4.78, 5) is 0. The van der Waals surface area contributed by atoms with E-state index in [-0.39, 0.29) is 24.0 Å². The van der Waals surface area contributed by atoms with E-state index in [1.807, 2.05) is 13.0 Å². The highest BCUT2D eigenvalue weighted by atomic mass is 127. The van der Waals surface area contributed by atoms with Crippen molar-refractivity contribution in [1.82, 2.24) is 0 Å². The molecule has 0 aliphatic rings. The third-order valence-corrected chi connectivity index (χ3v) is 0.236. The van der Waals surface area contributed by atoms with Gasteiger partial charge in [-0.3, -0.25) is 0 Å². The molecule has 0 unspecified atom stereocenters. The van der Waals surface area contributed by atoms with Gasteiger partial charge >= 0.3 is 0 Å². The van der Waals surface area contributed by atoms with Crippen LogP contribution in [-0.4, -0.2) is 0 Å². The van der Waals surface area contributed by atoms with E-state index in [1.54, 1.807) is 6.20 Å². The predicted molar refractivity (Wildman–Crippen MR) is 17.7 cm³/mol. The molecule has 0 amide bonds. The van der Waals surface area contributed by atoms with E-state index in [0.29, 0.717) is 0 Å². The van der Waals surface area contributed by atoms with Gasteiger partial charge < -0.3 is 29.7 Å². The summed E-state index contributed by atoms with van der Waals surface area (Å²) in [5.41, 5.74) is 3.42. The molecule has 0 aromatic heterocycles. The van der Waals surface area contributed by atoms with Crippen LogP contribution in [0.2, 0.25) is 0 Å². The Labute approximate surface area is 49.3 Å². The van der Waals surface area contributed by atoms with Crippen molar-refractivity contribution in [2.75, 3.05) is 0 Å². The summed E-state index contributed by atoms with van der Waals surface area (Å²) in [6.45, 7) is 1.94. The molecule has 0 saturated carbocycles. The number of hydrogen-bond acceptors (Lipinski definition) is 0. The Kier molecular flexibility index (Phi) is 16.0. The van der Waals surface area contributed by atoms with Gasteiger partial charge in [0.25, 0.3) is 0 Å². The van der Waals surface area contributed by atoms with E-state index in [0.717, 1.165) is 0 Å². The van der Waals surface area contributed by atoms with Crippen molar-refractivity contribution in [3.05, 3.63) is 12.3 Å². The van der Waals surface area contributed by atoms with Gasteiger partial charge in [-0.1, -0.05) is 0 Å². The summed E-state index contributed by atoms with van der Waals surface area (Å²) in [6.07, 6.45) is 3.64. The largest absolute Gasteiger partial charge is 1.00 e. The molecule has 32 valence electrons. The summed E-state index contributed by atoms with van der Waals surface area (Å²) in [7, 11) is 0. The Balaban J connectivity index is 0. The van der Waals surface area contributed by atoms with Gasteiger partial charge in [-0.2, -0.15) is 0 Å². The summed E-state index contributed by atoms with van der Waals surface area (Å²) >= 11 is 0. The SMILES string of the molecule is CC=C[NH3+].[I-]. The van der Waals surface area contributed by atoms with Crippen LogP contribution in [-0.2, 0) is 0 Å². The smallest absolute Gasteiger partial charge is 0.0865 e. The minimum absolute atomic E-state index is 0. The molecule has 1 nitrogen and oxygen atoms in total. The van der Waals surface area contributed by atoms with Crippen LogP contribution in [0, 0.1) is 0 Å². The second-order valence-corrected chi connectivity index (χ2v) is 0.569. The lowest BCUT2D eigenvalue weighted by atomic mass is 10.7. The first kappa shape index (κ1) is 9.06. The number of hydrogen-bond donors (Lipinski definition) is 1. The summed E-state index contributed by atoms with van der Waals surface area (Å²) < 4.78 is 0. The molecule has 3 N–H and O–H groups in total. The van der Waals surface area contributed by atoms with Crippen LogP contribution in [0.3, 0.4) is 0 Å². The first-order valence-electron chi connectivity index (χ1n) is 1.32. The standard InChI is InChI=1S/C3H7N.HI/c1-2-3-4;/h2-3H,4H2,1H3;1H. The summed E-state index contributed by atoms with van der Waals surface area (Å²) in [5, 5.41) is 0. The van der Waals surface area contributed by atoms with Crippen LogP contribution in [0.25, 0.3) is 0 Å². The van der Waals surface area contributed by atoms with Crippen LogP contribution >= 0.6 is 0 Å². The van der Waals surface area contributed by atoms with Gasteiger partial charge in [-0.15, -0.1) is 0 Å². The summed E-state index contributed by atoms with van der Waals surface area (Å²) in [5.74, 6) is 0. The second kappa shape index (κ2) is 8.83. The number of halogens is 1. The van der Waals surface area contributed by atoms with Gasteiger partial charge in [0.2, 0.25) is 0 Å². The van der Waals surface area contributed by atoms with Gasteiger partial charge in [-0.25, -0.2) is 0 Å². The molecule has 0 rings (SSSR count). The van der Waals surface area contributed by atoms with Crippen LogP contribution in [0.5, 0.6) is 0 Å². The zero-order chi connectivity index (χ0) is 3.41. The average molecular weight is 185 g/mol. The maximum atomic E-state index is 3.42. The monoisotopic (exact) mass is 185 g/mol. The lowest BCUT2D eigenvalue weighted by Crippen LogP contribution is -3.00. The summed E-state index contributed by atoms with van der Waals surface area (Å²) in [6, 6.07) is 0. The van der Waals surface area contributed by atoms with E-state index in [4.69, 9.17) is 0 Å². The molecule has 0 fully saturated rings. The fourth-order valence-electron chi connectivity index (χ4n) is 0. The molecule has 0 aliphatic carbocycles. The zero-order valence-electron chi connectivity index (χ0n) is 3.24. The van der Waals surface area contributed by atoms with Crippen molar-refractivity contribution in [3.63, 3.8) is 0 Å². The molecular formula is C3H8IN. The maximum Gasteiger partial charge on any atom is 0.0865 e. The molecule has 0 atom stereocenters. The minimum atomic E-state index is 0. The molecule has 0 aromatic carbocycles. The normalized spacial score (nSPS) is 7.60. The molecule has 0 heterocycles.